The zero-order valence-electron chi connectivity index (χ0n) is 11.9. The Morgan fingerprint density at radius 2 is 1.74 bits per heavy atom. The average Bonchev–Trinajstić information content (AvgIpc) is 2.91. The van der Waals surface area contributed by atoms with Crippen LogP contribution in [0, 0.1) is 23.7 Å². The normalized spacial score (nSPS) is 51.9. The molecule has 0 aromatic rings. The fourth-order valence-electron chi connectivity index (χ4n) is 5.83. The van der Waals surface area contributed by atoms with E-state index in [4.69, 9.17) is 10.5 Å². The smallest absolute Gasteiger partial charge is 0.0700 e. The largest absolute Gasteiger partial charge is 0.377 e. The number of ether oxygens (including phenoxy) is 1. The number of hydrogen-bond donors (Lipinski definition) is 2. The Balaban J connectivity index is 1.49. The molecule has 0 aromatic heterocycles. The maximum atomic E-state index is 6.27. The summed E-state index contributed by atoms with van der Waals surface area (Å²) in [6.45, 7) is 2.81. The first-order valence-corrected chi connectivity index (χ1v) is 8.37. The molecule has 0 spiro atoms. The number of nitrogens with one attached hydrogen (secondary N) is 1. The minimum Gasteiger partial charge on any atom is -0.377 e. The fourth-order valence-corrected chi connectivity index (χ4v) is 5.83. The van der Waals surface area contributed by atoms with Crippen molar-refractivity contribution in [3.05, 3.63) is 0 Å². The lowest BCUT2D eigenvalue weighted by Crippen LogP contribution is -2.69. The van der Waals surface area contributed by atoms with E-state index in [1.807, 2.05) is 0 Å². The van der Waals surface area contributed by atoms with E-state index in [0.29, 0.717) is 6.10 Å². The van der Waals surface area contributed by atoms with Crippen molar-refractivity contribution in [1.29, 1.82) is 0 Å². The van der Waals surface area contributed by atoms with Crippen LogP contribution in [-0.4, -0.2) is 31.3 Å². The van der Waals surface area contributed by atoms with Crippen LogP contribution < -0.4 is 11.1 Å². The van der Waals surface area contributed by atoms with Gasteiger partial charge in [0.25, 0.3) is 0 Å². The quantitative estimate of drug-likeness (QED) is 0.815. The molecule has 4 bridgehead atoms. The van der Waals surface area contributed by atoms with Crippen LogP contribution in [0.2, 0.25) is 0 Å². The van der Waals surface area contributed by atoms with Gasteiger partial charge >= 0.3 is 0 Å². The molecule has 0 radical (unpaired) electrons. The lowest BCUT2D eigenvalue weighted by Gasteiger charge is -2.61. The first kappa shape index (κ1) is 12.6. The molecule has 5 rings (SSSR count). The molecule has 4 saturated carbocycles. The molecule has 4 aliphatic carbocycles. The van der Waals surface area contributed by atoms with Crippen LogP contribution in [-0.2, 0) is 4.74 Å². The van der Waals surface area contributed by atoms with Crippen molar-refractivity contribution in [2.75, 3.05) is 19.7 Å². The van der Waals surface area contributed by atoms with E-state index in [1.165, 1.54) is 44.9 Å². The lowest BCUT2D eigenvalue weighted by atomic mass is 9.48. The van der Waals surface area contributed by atoms with Gasteiger partial charge in [0.1, 0.15) is 0 Å². The summed E-state index contributed by atoms with van der Waals surface area (Å²) < 4.78 is 5.78. The average molecular weight is 264 g/mol. The van der Waals surface area contributed by atoms with Crippen molar-refractivity contribution in [2.45, 2.75) is 56.6 Å². The summed E-state index contributed by atoms with van der Waals surface area (Å²) in [4.78, 5) is 0. The SMILES string of the molecule is NCC1(NCC2CCCO2)C2CC3CC(C2)CC1C3. The van der Waals surface area contributed by atoms with Gasteiger partial charge in [-0.2, -0.15) is 0 Å². The van der Waals surface area contributed by atoms with Gasteiger partial charge in [-0.3, -0.25) is 0 Å². The molecule has 5 aliphatic rings. The highest BCUT2D eigenvalue weighted by atomic mass is 16.5. The van der Waals surface area contributed by atoms with Gasteiger partial charge in [-0.25, -0.2) is 0 Å². The summed E-state index contributed by atoms with van der Waals surface area (Å²) in [6.07, 6.45) is 10.2. The molecule has 1 heterocycles. The van der Waals surface area contributed by atoms with E-state index in [2.05, 4.69) is 5.32 Å². The topological polar surface area (TPSA) is 47.3 Å². The Morgan fingerprint density at radius 1 is 1.05 bits per heavy atom. The zero-order valence-corrected chi connectivity index (χ0v) is 11.9. The molecule has 0 aromatic carbocycles. The predicted molar refractivity (Wildman–Crippen MR) is 75.8 cm³/mol. The molecule has 1 aliphatic heterocycles. The minimum absolute atomic E-state index is 0.249. The third kappa shape index (κ3) is 1.97. The summed E-state index contributed by atoms with van der Waals surface area (Å²) in [7, 11) is 0. The van der Waals surface area contributed by atoms with Gasteiger partial charge in [-0.05, 0) is 68.6 Å². The van der Waals surface area contributed by atoms with Crippen LogP contribution in [0.3, 0.4) is 0 Å². The zero-order chi connectivity index (χ0) is 12.9. The number of nitrogens with two attached hydrogens (primary N) is 1. The monoisotopic (exact) mass is 264 g/mol. The molecular formula is C16H28N2O. The van der Waals surface area contributed by atoms with E-state index in [9.17, 15) is 0 Å². The van der Waals surface area contributed by atoms with Crippen LogP contribution in [0.25, 0.3) is 0 Å². The van der Waals surface area contributed by atoms with Gasteiger partial charge in [0.05, 0.1) is 6.10 Å². The molecule has 108 valence electrons. The summed E-state index contributed by atoms with van der Waals surface area (Å²) in [5.74, 6) is 3.73. The molecule has 3 N–H and O–H groups in total. The third-order valence-corrected chi connectivity index (χ3v) is 6.62. The molecule has 3 nitrogen and oxygen atoms in total. The second kappa shape index (κ2) is 4.71. The molecule has 19 heavy (non-hydrogen) atoms. The highest BCUT2D eigenvalue weighted by Gasteiger charge is 2.56. The van der Waals surface area contributed by atoms with Crippen molar-refractivity contribution >= 4 is 0 Å². The number of rotatable bonds is 4. The van der Waals surface area contributed by atoms with Crippen LogP contribution in [0.1, 0.15) is 44.9 Å². The van der Waals surface area contributed by atoms with Gasteiger partial charge < -0.3 is 15.8 Å². The molecule has 3 heteroatoms. The van der Waals surface area contributed by atoms with Gasteiger partial charge in [-0.15, -0.1) is 0 Å². The van der Waals surface area contributed by atoms with Crippen LogP contribution in [0.4, 0.5) is 0 Å². The van der Waals surface area contributed by atoms with E-state index < -0.39 is 0 Å². The van der Waals surface area contributed by atoms with Gasteiger partial charge in [0.2, 0.25) is 0 Å². The Morgan fingerprint density at radius 3 is 2.26 bits per heavy atom. The van der Waals surface area contributed by atoms with Crippen LogP contribution in [0.5, 0.6) is 0 Å². The van der Waals surface area contributed by atoms with Gasteiger partial charge in [0, 0.05) is 25.2 Å². The molecule has 0 amide bonds. The first-order valence-electron chi connectivity index (χ1n) is 8.37. The minimum atomic E-state index is 0.249. The molecule has 1 atom stereocenters. The summed E-state index contributed by atoms with van der Waals surface area (Å²) in [5.41, 5.74) is 6.52. The summed E-state index contributed by atoms with van der Waals surface area (Å²) in [5, 5.41) is 3.92. The second-order valence-corrected chi connectivity index (χ2v) is 7.56. The Hall–Kier alpha value is -0.120. The van der Waals surface area contributed by atoms with Crippen molar-refractivity contribution in [3.8, 4) is 0 Å². The molecule has 5 fully saturated rings. The van der Waals surface area contributed by atoms with Gasteiger partial charge in [0.15, 0.2) is 0 Å². The van der Waals surface area contributed by atoms with E-state index in [-0.39, 0.29) is 5.54 Å². The standard InChI is InChI=1S/C16H28N2O/c17-10-16(18-9-15-2-1-3-19-15)13-5-11-4-12(7-13)8-14(16)6-11/h11-15,18H,1-10,17H2. The second-order valence-electron chi connectivity index (χ2n) is 7.56. The summed E-state index contributed by atoms with van der Waals surface area (Å²) in [6, 6.07) is 0. The third-order valence-electron chi connectivity index (χ3n) is 6.62. The molecular weight excluding hydrogens is 236 g/mol. The Bertz CT molecular complexity index is 310. The summed E-state index contributed by atoms with van der Waals surface area (Å²) >= 11 is 0. The van der Waals surface area contributed by atoms with E-state index >= 15 is 0 Å². The fraction of sp³-hybridized carbons (Fsp3) is 1.00. The predicted octanol–water partition coefficient (Wildman–Crippen LogP) is 1.91. The first-order chi connectivity index (χ1) is 9.30. The van der Waals surface area contributed by atoms with Crippen molar-refractivity contribution < 1.29 is 4.74 Å². The Kier molecular flexibility index (Phi) is 3.13. The van der Waals surface area contributed by atoms with Gasteiger partial charge in [-0.1, -0.05) is 0 Å². The van der Waals surface area contributed by atoms with Crippen molar-refractivity contribution in [3.63, 3.8) is 0 Å². The highest BCUT2D eigenvalue weighted by Crippen LogP contribution is 2.57. The highest BCUT2D eigenvalue weighted by molar-refractivity contribution is 5.11. The van der Waals surface area contributed by atoms with Crippen molar-refractivity contribution in [2.24, 2.45) is 29.4 Å². The maximum Gasteiger partial charge on any atom is 0.0700 e. The molecule has 1 saturated heterocycles. The maximum absolute atomic E-state index is 6.27. The van der Waals surface area contributed by atoms with E-state index in [0.717, 1.165) is 43.4 Å². The molecule has 1 unspecified atom stereocenters. The lowest BCUT2D eigenvalue weighted by molar-refractivity contribution is -0.0731. The van der Waals surface area contributed by atoms with E-state index in [1.54, 1.807) is 0 Å². The Labute approximate surface area is 116 Å². The van der Waals surface area contributed by atoms with Crippen LogP contribution in [0.15, 0.2) is 0 Å². The number of hydrogen-bond acceptors (Lipinski definition) is 3. The van der Waals surface area contributed by atoms with Crippen molar-refractivity contribution in [1.82, 2.24) is 5.32 Å². The van der Waals surface area contributed by atoms with Crippen LogP contribution >= 0.6 is 0 Å².